The van der Waals surface area contributed by atoms with Gasteiger partial charge in [-0.05, 0) is 69.1 Å². The van der Waals surface area contributed by atoms with Gasteiger partial charge in [0.1, 0.15) is 5.78 Å². The van der Waals surface area contributed by atoms with Crippen LogP contribution in [0.5, 0.6) is 0 Å². The molecule has 2 rings (SSSR count). The molecule has 2 aliphatic rings. The molecule has 5 atom stereocenters. The lowest BCUT2D eigenvalue weighted by Crippen LogP contribution is -2.38. The first kappa shape index (κ1) is 25.5. The van der Waals surface area contributed by atoms with Gasteiger partial charge in [-0.3, -0.25) is 10.1 Å². The highest BCUT2D eigenvalue weighted by Gasteiger charge is 2.48. The third-order valence-electron chi connectivity index (χ3n) is 7.63. The van der Waals surface area contributed by atoms with E-state index in [0.29, 0.717) is 30.0 Å². The van der Waals surface area contributed by atoms with E-state index in [-0.39, 0.29) is 12.0 Å². The predicted octanol–water partition coefficient (Wildman–Crippen LogP) is 6.71. The van der Waals surface area contributed by atoms with E-state index < -0.39 is 5.60 Å². The minimum atomic E-state index is -0.528. The Balaban J connectivity index is 1.72. The Morgan fingerprint density at radius 2 is 1.93 bits per heavy atom. The molecule has 0 radical (unpaired) electrons. The Bertz CT molecular complexity index is 529. The van der Waals surface area contributed by atoms with E-state index in [1.54, 1.807) is 0 Å². The number of unbranched alkanes of at least 4 members (excludes halogenated alkanes) is 5. The molecule has 4 nitrogen and oxygen atoms in total. The summed E-state index contributed by atoms with van der Waals surface area (Å²) in [6.45, 7) is 6.33. The van der Waals surface area contributed by atoms with Gasteiger partial charge >= 0.3 is 0 Å². The van der Waals surface area contributed by atoms with Crippen LogP contribution in [0.3, 0.4) is 0 Å². The molecule has 30 heavy (non-hydrogen) atoms. The molecule has 2 N–H and O–H groups in total. The summed E-state index contributed by atoms with van der Waals surface area (Å²) in [4.78, 5) is 17.2. The van der Waals surface area contributed by atoms with Gasteiger partial charge in [0.05, 0.1) is 11.7 Å². The van der Waals surface area contributed by atoms with Gasteiger partial charge in [-0.1, -0.05) is 65.0 Å². The summed E-state index contributed by atoms with van der Waals surface area (Å²) < 4.78 is 0. The second kappa shape index (κ2) is 13.0. The van der Waals surface area contributed by atoms with Gasteiger partial charge < -0.3 is 5.11 Å². The number of hydrogen-bond donors (Lipinski definition) is 2. The van der Waals surface area contributed by atoms with Gasteiger partial charge in [-0.15, -0.1) is 0 Å². The van der Waals surface area contributed by atoms with Crippen LogP contribution in [0.15, 0.2) is 12.2 Å². The summed E-state index contributed by atoms with van der Waals surface area (Å²) in [6.07, 6.45) is 18.4. The third kappa shape index (κ3) is 7.76. The van der Waals surface area contributed by atoms with Crippen LogP contribution in [0, 0.1) is 23.7 Å². The van der Waals surface area contributed by atoms with Crippen molar-refractivity contribution in [2.24, 2.45) is 23.7 Å². The Morgan fingerprint density at radius 3 is 2.63 bits per heavy atom. The van der Waals surface area contributed by atoms with Gasteiger partial charge in [-0.2, -0.15) is 0 Å². The molecule has 1 unspecified atom stereocenters. The average molecular weight is 423 g/mol. The SMILES string of the molecule is CCCCCCC[C@@]1(O)CC[C@H]2[C@@H](CC(=O)[C@@H]2CC=CCCCC(OO)C(C)C)C1. The molecule has 2 aliphatic carbocycles. The van der Waals surface area contributed by atoms with Crippen LogP contribution in [-0.4, -0.2) is 27.9 Å². The Kier molecular flexibility index (Phi) is 11.1. The van der Waals surface area contributed by atoms with Crippen molar-refractivity contribution in [1.82, 2.24) is 0 Å². The molecule has 174 valence electrons. The lowest BCUT2D eigenvalue weighted by atomic mass is 9.69. The number of Topliss-reactive ketones (excluding diaryl/α,β-unsaturated/α-hetero) is 1. The lowest BCUT2D eigenvalue weighted by Gasteiger charge is -2.40. The average Bonchev–Trinajstić information content (AvgIpc) is 3.00. The summed E-state index contributed by atoms with van der Waals surface area (Å²) in [7, 11) is 0. The van der Waals surface area contributed by atoms with Crippen LogP contribution in [0.25, 0.3) is 0 Å². The third-order valence-corrected chi connectivity index (χ3v) is 7.63. The molecule has 0 aromatic carbocycles. The molecule has 0 spiro atoms. The van der Waals surface area contributed by atoms with Crippen LogP contribution >= 0.6 is 0 Å². The number of rotatable bonds is 14. The summed E-state index contributed by atoms with van der Waals surface area (Å²) in [5, 5.41) is 20.0. The first-order valence-electron chi connectivity index (χ1n) is 12.6. The summed E-state index contributed by atoms with van der Waals surface area (Å²) in [5.74, 6) is 1.74. The first-order valence-corrected chi connectivity index (χ1v) is 12.6. The van der Waals surface area contributed by atoms with Crippen LogP contribution < -0.4 is 0 Å². The van der Waals surface area contributed by atoms with Gasteiger partial charge in [-0.25, -0.2) is 4.89 Å². The highest BCUT2D eigenvalue weighted by molar-refractivity contribution is 5.84. The number of hydrogen-bond acceptors (Lipinski definition) is 4. The summed E-state index contributed by atoms with van der Waals surface area (Å²) in [6, 6.07) is 0. The van der Waals surface area contributed by atoms with Crippen LogP contribution in [0.2, 0.25) is 0 Å². The Hall–Kier alpha value is -0.710. The monoisotopic (exact) mass is 422 g/mol. The topological polar surface area (TPSA) is 66.8 Å². The molecule has 0 aliphatic heterocycles. The molecule has 0 bridgehead atoms. The fourth-order valence-electron chi connectivity index (χ4n) is 5.71. The zero-order valence-electron chi connectivity index (χ0n) is 19.7. The molecular weight excluding hydrogens is 376 g/mol. The quantitative estimate of drug-likeness (QED) is 0.141. The predicted molar refractivity (Wildman–Crippen MR) is 122 cm³/mol. The van der Waals surface area contributed by atoms with Crippen LogP contribution in [-0.2, 0) is 9.68 Å². The molecule has 0 heterocycles. The van der Waals surface area contributed by atoms with E-state index in [4.69, 9.17) is 5.26 Å². The van der Waals surface area contributed by atoms with Crippen molar-refractivity contribution in [1.29, 1.82) is 0 Å². The largest absolute Gasteiger partial charge is 0.390 e. The van der Waals surface area contributed by atoms with Crippen molar-refractivity contribution < 1.29 is 20.0 Å². The van der Waals surface area contributed by atoms with E-state index in [2.05, 4.69) is 37.8 Å². The number of allylic oxidation sites excluding steroid dienone is 2. The van der Waals surface area contributed by atoms with Crippen molar-refractivity contribution in [3.63, 3.8) is 0 Å². The molecule has 0 saturated heterocycles. The standard InChI is InChI=1S/C26H46O4/c1-4-5-6-9-12-16-26(28)17-15-22-21(19-26)18-24(27)23(22)13-10-7-8-11-14-25(30-29)20(2)3/h7,10,20-23,25,28-29H,4-6,8-9,11-19H2,1-3H3/t21-,22-,23+,25?,26+/m0/s1. The first-order chi connectivity index (χ1) is 14.4. The van der Waals surface area contributed by atoms with E-state index in [0.717, 1.165) is 57.8 Å². The van der Waals surface area contributed by atoms with Crippen molar-refractivity contribution in [3.05, 3.63) is 12.2 Å². The minimum absolute atomic E-state index is 0.0943. The van der Waals surface area contributed by atoms with Crippen molar-refractivity contribution in [3.8, 4) is 0 Å². The van der Waals surface area contributed by atoms with Gasteiger partial charge in [0, 0.05) is 12.3 Å². The maximum Gasteiger partial charge on any atom is 0.136 e. The highest BCUT2D eigenvalue weighted by Crippen LogP contribution is 2.49. The fraction of sp³-hybridized carbons (Fsp3) is 0.885. The van der Waals surface area contributed by atoms with E-state index in [9.17, 15) is 9.90 Å². The summed E-state index contributed by atoms with van der Waals surface area (Å²) in [5.41, 5.74) is -0.528. The van der Waals surface area contributed by atoms with Crippen molar-refractivity contribution in [2.75, 3.05) is 0 Å². The van der Waals surface area contributed by atoms with Crippen LogP contribution in [0.4, 0.5) is 0 Å². The van der Waals surface area contributed by atoms with E-state index in [1.807, 2.05) is 0 Å². The van der Waals surface area contributed by atoms with E-state index >= 15 is 0 Å². The van der Waals surface area contributed by atoms with Gasteiger partial charge in [0.2, 0.25) is 0 Å². The second-order valence-corrected chi connectivity index (χ2v) is 10.4. The molecule has 0 amide bonds. The van der Waals surface area contributed by atoms with E-state index in [1.165, 1.54) is 25.7 Å². The number of carbonyl (C=O) groups excluding carboxylic acids is 1. The molecule has 4 heteroatoms. The van der Waals surface area contributed by atoms with Crippen molar-refractivity contribution >= 4 is 5.78 Å². The maximum atomic E-state index is 12.6. The molecule has 0 aromatic heterocycles. The van der Waals surface area contributed by atoms with Gasteiger partial charge in [0.15, 0.2) is 0 Å². The number of fused-ring (bicyclic) bond motifs is 1. The fourth-order valence-corrected chi connectivity index (χ4v) is 5.71. The highest BCUT2D eigenvalue weighted by atomic mass is 17.1. The number of aliphatic hydroxyl groups is 1. The summed E-state index contributed by atoms with van der Waals surface area (Å²) >= 11 is 0. The Labute approximate surface area is 184 Å². The smallest absolute Gasteiger partial charge is 0.136 e. The zero-order valence-corrected chi connectivity index (χ0v) is 19.7. The number of ketones is 1. The molecule has 2 fully saturated rings. The minimum Gasteiger partial charge on any atom is -0.390 e. The molecular formula is C26H46O4. The lowest BCUT2D eigenvalue weighted by molar-refractivity contribution is -0.289. The number of carbonyl (C=O) groups is 1. The molecule has 0 aromatic rings. The van der Waals surface area contributed by atoms with Crippen molar-refractivity contribution in [2.45, 2.75) is 122 Å². The normalized spacial score (nSPS) is 30.3. The van der Waals surface area contributed by atoms with Gasteiger partial charge in [0.25, 0.3) is 0 Å². The zero-order chi connectivity index (χ0) is 22.0. The maximum absolute atomic E-state index is 12.6. The second-order valence-electron chi connectivity index (χ2n) is 10.4. The van der Waals surface area contributed by atoms with Crippen LogP contribution in [0.1, 0.15) is 111 Å². The molecule has 2 saturated carbocycles. The Morgan fingerprint density at radius 1 is 1.17 bits per heavy atom.